The van der Waals surface area contributed by atoms with E-state index in [9.17, 15) is 0 Å². The molecule has 3 N–H and O–H groups in total. The summed E-state index contributed by atoms with van der Waals surface area (Å²) in [7, 11) is 0. The second-order valence-electron chi connectivity index (χ2n) is 4.04. The molecule has 0 saturated heterocycles. The molecule has 0 amide bonds. The Morgan fingerprint density at radius 2 is 1.83 bits per heavy atom. The van der Waals surface area contributed by atoms with Crippen LogP contribution in [-0.4, -0.2) is 6.54 Å². The van der Waals surface area contributed by atoms with Crippen molar-refractivity contribution in [2.45, 2.75) is 32.1 Å². The molecular weight excluding hydrogens is 195 g/mol. The van der Waals surface area contributed by atoms with Gasteiger partial charge in [0, 0.05) is 6.54 Å². The molecule has 12 heavy (non-hydrogen) atoms. The highest BCUT2D eigenvalue weighted by atomic mass is 35.5. The molecule has 2 fully saturated rings. The fourth-order valence-corrected chi connectivity index (χ4v) is 2.56. The van der Waals surface area contributed by atoms with Gasteiger partial charge in [-0.25, -0.2) is 0 Å². The molecule has 2 rings (SSSR count). The highest BCUT2D eigenvalue weighted by Gasteiger charge is 2.47. The van der Waals surface area contributed by atoms with Gasteiger partial charge in [-0.15, -0.1) is 24.8 Å². The van der Waals surface area contributed by atoms with Crippen molar-refractivity contribution in [3.8, 4) is 0 Å². The van der Waals surface area contributed by atoms with Crippen LogP contribution in [0.2, 0.25) is 0 Å². The molecule has 0 bridgehead atoms. The molecule has 1 spiro atoms. The molecular formula is C8H18Cl2N2. The minimum absolute atomic E-state index is 0. The summed E-state index contributed by atoms with van der Waals surface area (Å²) < 4.78 is 0. The van der Waals surface area contributed by atoms with Gasteiger partial charge in [0.05, 0.1) is 0 Å². The van der Waals surface area contributed by atoms with Gasteiger partial charge >= 0.3 is 0 Å². The first kappa shape index (κ1) is 12.5. The van der Waals surface area contributed by atoms with Crippen molar-refractivity contribution in [2.75, 3.05) is 6.54 Å². The number of nitrogens with one attached hydrogen (secondary N) is 1. The summed E-state index contributed by atoms with van der Waals surface area (Å²) in [5, 5.41) is 0. The lowest BCUT2D eigenvalue weighted by Gasteiger charge is -2.54. The van der Waals surface area contributed by atoms with Crippen LogP contribution in [0, 0.1) is 11.3 Å². The maximum absolute atomic E-state index is 5.24. The third kappa shape index (κ3) is 2.05. The molecule has 0 aromatic heterocycles. The van der Waals surface area contributed by atoms with Crippen molar-refractivity contribution in [3.05, 3.63) is 0 Å². The van der Waals surface area contributed by atoms with Crippen molar-refractivity contribution in [2.24, 2.45) is 17.2 Å². The molecule has 2 aliphatic carbocycles. The van der Waals surface area contributed by atoms with Gasteiger partial charge in [0.25, 0.3) is 0 Å². The van der Waals surface area contributed by atoms with Crippen molar-refractivity contribution < 1.29 is 0 Å². The number of hydrazine groups is 1. The fraction of sp³-hybridized carbons (Fsp3) is 1.00. The first-order chi connectivity index (χ1) is 4.85. The van der Waals surface area contributed by atoms with Crippen LogP contribution in [0.5, 0.6) is 0 Å². The maximum Gasteiger partial charge on any atom is 0.0126 e. The Balaban J connectivity index is 0.000000605. The van der Waals surface area contributed by atoms with E-state index >= 15 is 0 Å². The predicted octanol–water partition coefficient (Wildman–Crippen LogP) is 1.87. The van der Waals surface area contributed by atoms with E-state index in [4.69, 9.17) is 5.84 Å². The van der Waals surface area contributed by atoms with Gasteiger partial charge in [-0.1, -0.05) is 6.42 Å². The zero-order chi connectivity index (χ0) is 7.03. The summed E-state index contributed by atoms with van der Waals surface area (Å²) >= 11 is 0. The van der Waals surface area contributed by atoms with E-state index in [-0.39, 0.29) is 24.8 Å². The Labute approximate surface area is 86.4 Å². The van der Waals surface area contributed by atoms with E-state index < -0.39 is 0 Å². The van der Waals surface area contributed by atoms with Gasteiger partial charge in [0.15, 0.2) is 0 Å². The third-order valence-corrected chi connectivity index (χ3v) is 3.26. The van der Waals surface area contributed by atoms with E-state index in [0.717, 1.165) is 17.9 Å². The summed E-state index contributed by atoms with van der Waals surface area (Å²) in [5.41, 5.74) is 3.58. The van der Waals surface area contributed by atoms with Gasteiger partial charge < -0.3 is 0 Å². The van der Waals surface area contributed by atoms with E-state index in [1.807, 2.05) is 0 Å². The molecule has 0 atom stereocenters. The average molecular weight is 213 g/mol. The Hall–Kier alpha value is 0.500. The first-order valence-electron chi connectivity index (χ1n) is 4.28. The predicted molar refractivity (Wildman–Crippen MR) is 55.7 cm³/mol. The third-order valence-electron chi connectivity index (χ3n) is 3.26. The van der Waals surface area contributed by atoms with Crippen LogP contribution < -0.4 is 11.3 Å². The van der Waals surface area contributed by atoms with Crippen LogP contribution in [0.4, 0.5) is 0 Å². The zero-order valence-corrected chi connectivity index (χ0v) is 8.85. The highest BCUT2D eigenvalue weighted by Crippen LogP contribution is 2.58. The summed E-state index contributed by atoms with van der Waals surface area (Å²) in [6.45, 7) is 1.03. The van der Waals surface area contributed by atoms with Crippen LogP contribution in [-0.2, 0) is 0 Å². The standard InChI is InChI=1S/C8H16N2.2ClH/c9-10-6-7-4-8(5-7)2-1-3-8;;/h7,10H,1-6,9H2;2*1H. The van der Waals surface area contributed by atoms with Crippen LogP contribution >= 0.6 is 24.8 Å². The number of halogens is 2. The number of nitrogens with two attached hydrogens (primary N) is 1. The molecule has 4 heteroatoms. The molecule has 0 aliphatic heterocycles. The highest BCUT2D eigenvalue weighted by molar-refractivity contribution is 5.85. The van der Waals surface area contributed by atoms with Crippen LogP contribution in [0.15, 0.2) is 0 Å². The number of rotatable bonds is 2. The second kappa shape index (κ2) is 4.66. The molecule has 2 nitrogen and oxygen atoms in total. The Morgan fingerprint density at radius 3 is 2.17 bits per heavy atom. The summed E-state index contributed by atoms with van der Waals surface area (Å²) in [6.07, 6.45) is 7.35. The van der Waals surface area contributed by atoms with Gasteiger partial charge in [0.2, 0.25) is 0 Å². The van der Waals surface area contributed by atoms with Crippen molar-refractivity contribution in [3.63, 3.8) is 0 Å². The quantitative estimate of drug-likeness (QED) is 0.542. The second-order valence-corrected chi connectivity index (χ2v) is 4.04. The summed E-state index contributed by atoms with van der Waals surface area (Å²) in [4.78, 5) is 0. The number of hydrogen-bond donors (Lipinski definition) is 2. The molecule has 0 aromatic carbocycles. The molecule has 2 aliphatic rings. The van der Waals surface area contributed by atoms with Crippen molar-refractivity contribution in [1.82, 2.24) is 5.43 Å². The molecule has 0 heterocycles. The molecule has 0 aromatic rings. The maximum atomic E-state index is 5.24. The molecule has 2 saturated carbocycles. The molecule has 0 radical (unpaired) electrons. The number of hydrogen-bond acceptors (Lipinski definition) is 2. The first-order valence-corrected chi connectivity index (χ1v) is 4.28. The lowest BCUT2D eigenvalue weighted by molar-refractivity contribution is -0.0234. The molecule has 0 unspecified atom stereocenters. The van der Waals surface area contributed by atoms with Crippen LogP contribution in [0.3, 0.4) is 0 Å². The van der Waals surface area contributed by atoms with Gasteiger partial charge in [0.1, 0.15) is 0 Å². The largest absolute Gasteiger partial charge is 0.271 e. The van der Waals surface area contributed by atoms with Crippen LogP contribution in [0.1, 0.15) is 32.1 Å². The Morgan fingerprint density at radius 1 is 1.25 bits per heavy atom. The smallest absolute Gasteiger partial charge is 0.0126 e. The van der Waals surface area contributed by atoms with E-state index in [0.29, 0.717) is 0 Å². The van der Waals surface area contributed by atoms with Crippen molar-refractivity contribution in [1.29, 1.82) is 0 Å². The zero-order valence-electron chi connectivity index (χ0n) is 7.21. The topological polar surface area (TPSA) is 38.0 Å². The lowest BCUT2D eigenvalue weighted by Crippen LogP contribution is -2.47. The fourth-order valence-electron chi connectivity index (χ4n) is 2.56. The SMILES string of the molecule is Cl.Cl.NNCC1CC2(CCC2)C1. The molecule has 74 valence electrons. The van der Waals surface area contributed by atoms with E-state index in [2.05, 4.69) is 5.43 Å². The van der Waals surface area contributed by atoms with E-state index in [1.165, 1.54) is 32.1 Å². The lowest BCUT2D eigenvalue weighted by atomic mass is 9.52. The van der Waals surface area contributed by atoms with Crippen LogP contribution in [0.25, 0.3) is 0 Å². The van der Waals surface area contributed by atoms with Gasteiger partial charge in [-0.05, 0) is 37.0 Å². The average Bonchev–Trinajstić information content (AvgIpc) is 1.72. The van der Waals surface area contributed by atoms with Gasteiger partial charge in [-0.2, -0.15) is 0 Å². The van der Waals surface area contributed by atoms with E-state index in [1.54, 1.807) is 0 Å². The summed E-state index contributed by atoms with van der Waals surface area (Å²) in [5.74, 6) is 6.13. The van der Waals surface area contributed by atoms with Crippen molar-refractivity contribution >= 4 is 24.8 Å². The monoisotopic (exact) mass is 212 g/mol. The Kier molecular flexibility index (Phi) is 4.85. The normalized spacial score (nSPS) is 24.8. The summed E-state index contributed by atoms with van der Waals surface area (Å²) in [6, 6.07) is 0. The minimum atomic E-state index is 0. The minimum Gasteiger partial charge on any atom is -0.271 e. The Bertz CT molecular complexity index is 129. The van der Waals surface area contributed by atoms with Gasteiger partial charge in [-0.3, -0.25) is 11.3 Å².